The fourth-order valence-electron chi connectivity index (χ4n) is 1.72. The molecule has 2 N–H and O–H groups in total. The van der Waals surface area contributed by atoms with Crippen LogP contribution in [0.25, 0.3) is 0 Å². The van der Waals surface area contributed by atoms with Crippen LogP contribution in [0.1, 0.15) is 18.5 Å². The fraction of sp³-hybridized carbons (Fsp3) is 0.364. The van der Waals surface area contributed by atoms with Gasteiger partial charge in [-0.25, -0.2) is 4.39 Å². The standard InChI is InChI=1S/C11H13FN2O/c1-7-6-13-10(11(15)14-7)8-4-2-3-5-9(8)12/h2-5,7,10,13H,6H2,1H3,(H,14,15)/t7-,10-/m1/s1. The first kappa shape index (κ1) is 10.1. The van der Waals surface area contributed by atoms with Crippen LogP contribution in [0.3, 0.4) is 0 Å². The van der Waals surface area contributed by atoms with E-state index in [9.17, 15) is 9.18 Å². The van der Waals surface area contributed by atoms with Crippen molar-refractivity contribution in [2.45, 2.75) is 19.0 Å². The molecule has 1 aromatic rings. The number of piperazine rings is 1. The van der Waals surface area contributed by atoms with E-state index in [1.54, 1.807) is 18.2 Å². The lowest BCUT2D eigenvalue weighted by molar-refractivity contribution is -0.125. The third-order valence-electron chi connectivity index (χ3n) is 2.50. The zero-order valence-corrected chi connectivity index (χ0v) is 8.46. The van der Waals surface area contributed by atoms with Crippen molar-refractivity contribution in [1.82, 2.24) is 10.6 Å². The summed E-state index contributed by atoms with van der Waals surface area (Å²) < 4.78 is 13.4. The average Bonchev–Trinajstić information content (AvgIpc) is 2.20. The number of carbonyl (C=O) groups excluding carboxylic acids is 1. The van der Waals surface area contributed by atoms with E-state index in [1.165, 1.54) is 6.07 Å². The van der Waals surface area contributed by atoms with Crippen LogP contribution in [0, 0.1) is 5.82 Å². The normalized spacial score (nSPS) is 26.1. The van der Waals surface area contributed by atoms with Crippen LogP contribution in [-0.4, -0.2) is 18.5 Å². The molecule has 0 saturated carbocycles. The van der Waals surface area contributed by atoms with E-state index in [-0.39, 0.29) is 17.8 Å². The van der Waals surface area contributed by atoms with Crippen molar-refractivity contribution in [3.63, 3.8) is 0 Å². The van der Waals surface area contributed by atoms with Crippen LogP contribution in [-0.2, 0) is 4.79 Å². The maximum absolute atomic E-state index is 13.4. The van der Waals surface area contributed by atoms with E-state index in [0.29, 0.717) is 12.1 Å². The first-order chi connectivity index (χ1) is 7.18. The topological polar surface area (TPSA) is 41.1 Å². The van der Waals surface area contributed by atoms with E-state index in [0.717, 1.165) is 0 Å². The van der Waals surface area contributed by atoms with E-state index >= 15 is 0 Å². The highest BCUT2D eigenvalue weighted by atomic mass is 19.1. The lowest BCUT2D eigenvalue weighted by Crippen LogP contribution is -2.52. The van der Waals surface area contributed by atoms with Crippen molar-refractivity contribution in [3.8, 4) is 0 Å². The monoisotopic (exact) mass is 208 g/mol. The SMILES string of the molecule is C[C@@H]1CN[C@H](c2ccccc2F)C(=O)N1. The van der Waals surface area contributed by atoms with Crippen LogP contribution >= 0.6 is 0 Å². The van der Waals surface area contributed by atoms with Crippen LogP contribution in [0.15, 0.2) is 24.3 Å². The number of nitrogens with one attached hydrogen (secondary N) is 2. The van der Waals surface area contributed by atoms with Crippen molar-refractivity contribution in [3.05, 3.63) is 35.6 Å². The summed E-state index contributed by atoms with van der Waals surface area (Å²) in [6.07, 6.45) is 0. The van der Waals surface area contributed by atoms with Gasteiger partial charge in [0.15, 0.2) is 0 Å². The Morgan fingerprint density at radius 2 is 2.13 bits per heavy atom. The van der Waals surface area contributed by atoms with Crippen LogP contribution in [0.5, 0.6) is 0 Å². The maximum atomic E-state index is 13.4. The van der Waals surface area contributed by atoms with Gasteiger partial charge in [-0.2, -0.15) is 0 Å². The molecule has 0 radical (unpaired) electrons. The molecule has 4 heteroatoms. The van der Waals surface area contributed by atoms with Gasteiger partial charge in [-0.05, 0) is 13.0 Å². The summed E-state index contributed by atoms with van der Waals surface area (Å²) in [4.78, 5) is 11.6. The van der Waals surface area contributed by atoms with Gasteiger partial charge in [0.25, 0.3) is 0 Å². The molecule has 0 aliphatic carbocycles. The highest BCUT2D eigenvalue weighted by molar-refractivity contribution is 5.84. The molecule has 3 nitrogen and oxygen atoms in total. The second-order valence-corrected chi connectivity index (χ2v) is 3.77. The second-order valence-electron chi connectivity index (χ2n) is 3.77. The summed E-state index contributed by atoms with van der Waals surface area (Å²) in [6, 6.07) is 5.86. The predicted molar refractivity (Wildman–Crippen MR) is 54.7 cm³/mol. The number of benzene rings is 1. The van der Waals surface area contributed by atoms with Gasteiger partial charge in [0.1, 0.15) is 11.9 Å². The Hall–Kier alpha value is -1.42. The zero-order valence-electron chi connectivity index (χ0n) is 8.46. The molecule has 1 saturated heterocycles. The average molecular weight is 208 g/mol. The smallest absolute Gasteiger partial charge is 0.242 e. The lowest BCUT2D eigenvalue weighted by Gasteiger charge is -2.28. The first-order valence-electron chi connectivity index (χ1n) is 4.96. The molecule has 0 bridgehead atoms. The van der Waals surface area contributed by atoms with E-state index in [1.807, 2.05) is 6.92 Å². The molecule has 1 heterocycles. The molecule has 80 valence electrons. The third kappa shape index (κ3) is 1.99. The molecule has 0 aromatic heterocycles. The van der Waals surface area contributed by atoms with Gasteiger partial charge < -0.3 is 10.6 Å². The van der Waals surface area contributed by atoms with Crippen LogP contribution in [0.2, 0.25) is 0 Å². The molecule has 2 rings (SSSR count). The molecular formula is C11H13FN2O. The number of halogens is 1. The lowest BCUT2D eigenvalue weighted by atomic mass is 10.0. The van der Waals surface area contributed by atoms with Gasteiger partial charge in [0.2, 0.25) is 5.91 Å². The summed E-state index contributed by atoms with van der Waals surface area (Å²) in [5, 5.41) is 5.81. The summed E-state index contributed by atoms with van der Waals surface area (Å²) >= 11 is 0. The van der Waals surface area contributed by atoms with Gasteiger partial charge in [-0.1, -0.05) is 18.2 Å². The quantitative estimate of drug-likeness (QED) is 0.722. The Labute approximate surface area is 87.7 Å². The fourth-order valence-corrected chi connectivity index (χ4v) is 1.72. The summed E-state index contributed by atoms with van der Waals surface area (Å²) in [5.74, 6) is -0.515. The van der Waals surface area contributed by atoms with Gasteiger partial charge in [-0.15, -0.1) is 0 Å². The van der Waals surface area contributed by atoms with E-state index < -0.39 is 6.04 Å². The van der Waals surface area contributed by atoms with Crippen LogP contribution < -0.4 is 10.6 Å². The number of amides is 1. The Morgan fingerprint density at radius 3 is 2.80 bits per heavy atom. The minimum atomic E-state index is -0.567. The summed E-state index contributed by atoms with van der Waals surface area (Å²) in [6.45, 7) is 2.56. The molecule has 0 spiro atoms. The number of hydrogen-bond donors (Lipinski definition) is 2. The zero-order chi connectivity index (χ0) is 10.8. The summed E-state index contributed by atoms with van der Waals surface area (Å²) in [7, 11) is 0. The Bertz CT molecular complexity index is 381. The number of hydrogen-bond acceptors (Lipinski definition) is 2. The van der Waals surface area contributed by atoms with E-state index in [4.69, 9.17) is 0 Å². The molecule has 1 aliphatic heterocycles. The molecule has 2 atom stereocenters. The van der Waals surface area contributed by atoms with E-state index in [2.05, 4.69) is 10.6 Å². The summed E-state index contributed by atoms with van der Waals surface area (Å²) in [5.41, 5.74) is 0.405. The van der Waals surface area contributed by atoms with Gasteiger partial charge >= 0.3 is 0 Å². The van der Waals surface area contributed by atoms with Crippen molar-refractivity contribution in [2.75, 3.05) is 6.54 Å². The molecular weight excluding hydrogens is 195 g/mol. The third-order valence-corrected chi connectivity index (χ3v) is 2.50. The van der Waals surface area contributed by atoms with Crippen molar-refractivity contribution in [1.29, 1.82) is 0 Å². The molecule has 1 aromatic carbocycles. The van der Waals surface area contributed by atoms with Gasteiger partial charge in [0.05, 0.1) is 0 Å². The minimum absolute atomic E-state index is 0.0977. The van der Waals surface area contributed by atoms with Crippen molar-refractivity contribution < 1.29 is 9.18 Å². The Kier molecular flexibility index (Phi) is 2.68. The number of carbonyl (C=O) groups is 1. The minimum Gasteiger partial charge on any atom is -0.351 e. The van der Waals surface area contributed by atoms with Crippen molar-refractivity contribution >= 4 is 5.91 Å². The molecule has 15 heavy (non-hydrogen) atoms. The second kappa shape index (κ2) is 3.98. The van der Waals surface area contributed by atoms with Gasteiger partial charge in [-0.3, -0.25) is 4.79 Å². The Morgan fingerprint density at radius 1 is 1.40 bits per heavy atom. The highest BCUT2D eigenvalue weighted by Gasteiger charge is 2.28. The molecule has 0 unspecified atom stereocenters. The maximum Gasteiger partial charge on any atom is 0.242 e. The first-order valence-corrected chi connectivity index (χ1v) is 4.96. The van der Waals surface area contributed by atoms with Gasteiger partial charge in [0, 0.05) is 18.2 Å². The van der Waals surface area contributed by atoms with Crippen LogP contribution in [0.4, 0.5) is 4.39 Å². The predicted octanol–water partition coefficient (Wildman–Crippen LogP) is 0.975. The molecule has 1 aliphatic rings. The Balaban J connectivity index is 2.24. The van der Waals surface area contributed by atoms with Crippen molar-refractivity contribution in [2.24, 2.45) is 0 Å². The largest absolute Gasteiger partial charge is 0.351 e. The molecule has 1 fully saturated rings. The molecule has 1 amide bonds. The number of rotatable bonds is 1. The highest BCUT2D eigenvalue weighted by Crippen LogP contribution is 2.18.